The van der Waals surface area contributed by atoms with Gasteiger partial charge in [0, 0.05) is 6.54 Å². The van der Waals surface area contributed by atoms with Crippen molar-refractivity contribution in [2.75, 3.05) is 13.2 Å². The second-order valence-electron chi connectivity index (χ2n) is 4.24. The number of esters is 1. The van der Waals surface area contributed by atoms with Crippen LogP contribution in [0.15, 0.2) is 23.8 Å². The van der Waals surface area contributed by atoms with Crippen molar-refractivity contribution >= 4 is 29.1 Å². The number of nitrogens with one attached hydrogen (secondary N) is 2. The van der Waals surface area contributed by atoms with Crippen molar-refractivity contribution in [3.63, 3.8) is 0 Å². The van der Waals surface area contributed by atoms with Crippen molar-refractivity contribution in [3.8, 4) is 0 Å². The van der Waals surface area contributed by atoms with E-state index in [9.17, 15) is 9.59 Å². The van der Waals surface area contributed by atoms with Crippen LogP contribution in [-0.2, 0) is 14.3 Å². The third-order valence-corrected chi connectivity index (χ3v) is 3.13. The van der Waals surface area contributed by atoms with Gasteiger partial charge in [0.2, 0.25) is 0 Å². The summed E-state index contributed by atoms with van der Waals surface area (Å²) in [6.45, 7) is 4.52. The monoisotopic (exact) mass is 296 g/mol. The lowest BCUT2D eigenvalue weighted by atomic mass is 10.1. The van der Waals surface area contributed by atoms with Gasteiger partial charge in [0.05, 0.1) is 12.2 Å². The molecule has 2 N–H and O–H groups in total. The molecule has 1 heterocycles. The van der Waals surface area contributed by atoms with E-state index in [0.717, 1.165) is 6.42 Å². The largest absolute Gasteiger partial charge is 0.464 e. The lowest BCUT2D eigenvalue weighted by Gasteiger charge is -2.18. The molecule has 6 heteroatoms. The number of hydrogen-bond acceptors (Lipinski definition) is 4. The van der Waals surface area contributed by atoms with Crippen LogP contribution in [0.2, 0.25) is 0 Å². The molecule has 110 valence electrons. The summed E-state index contributed by atoms with van der Waals surface area (Å²) in [6.07, 6.45) is 6.72. The second-order valence-corrected chi connectivity index (χ2v) is 4.65. The number of ether oxygens (including phenoxy) is 1. The van der Waals surface area contributed by atoms with Gasteiger partial charge in [0.1, 0.15) is 11.0 Å². The molecule has 1 atom stereocenters. The van der Waals surface area contributed by atoms with Crippen LogP contribution in [0.1, 0.15) is 26.7 Å². The predicted molar refractivity (Wildman–Crippen MR) is 81.3 cm³/mol. The Labute approximate surface area is 124 Å². The number of allylic oxidation sites excluding steroid dienone is 2. The summed E-state index contributed by atoms with van der Waals surface area (Å²) in [5.74, 6) is -0.793. The molecule has 1 amide bonds. The zero-order chi connectivity index (χ0) is 15.0. The fourth-order valence-corrected chi connectivity index (χ4v) is 1.95. The fraction of sp³-hybridized carbons (Fsp3) is 0.500. The molecular formula is C14H20N2O3S. The van der Waals surface area contributed by atoms with Crippen molar-refractivity contribution in [1.29, 1.82) is 0 Å². The molecule has 0 spiro atoms. The van der Waals surface area contributed by atoms with Crippen LogP contribution in [0.25, 0.3) is 0 Å². The van der Waals surface area contributed by atoms with E-state index in [-0.39, 0.29) is 12.5 Å². The van der Waals surface area contributed by atoms with Crippen LogP contribution in [0, 0.1) is 0 Å². The van der Waals surface area contributed by atoms with Gasteiger partial charge in [-0.2, -0.15) is 0 Å². The first kappa shape index (κ1) is 16.4. The summed E-state index contributed by atoms with van der Waals surface area (Å²) in [6, 6.07) is -0.652. The summed E-state index contributed by atoms with van der Waals surface area (Å²) in [5, 5.41) is 5.65. The number of rotatable bonds is 5. The van der Waals surface area contributed by atoms with Crippen LogP contribution in [-0.4, -0.2) is 36.1 Å². The van der Waals surface area contributed by atoms with Gasteiger partial charge < -0.3 is 15.4 Å². The first-order chi connectivity index (χ1) is 9.60. The highest BCUT2D eigenvalue weighted by molar-refractivity contribution is 7.80. The van der Waals surface area contributed by atoms with E-state index in [1.807, 2.05) is 13.0 Å². The minimum absolute atomic E-state index is 0.288. The Kier molecular flexibility index (Phi) is 6.93. The van der Waals surface area contributed by atoms with Gasteiger partial charge in [0.15, 0.2) is 0 Å². The lowest BCUT2D eigenvalue weighted by Crippen LogP contribution is -2.44. The maximum absolute atomic E-state index is 12.2. The van der Waals surface area contributed by atoms with E-state index in [4.69, 9.17) is 17.0 Å². The third kappa shape index (κ3) is 4.77. The van der Waals surface area contributed by atoms with E-state index in [1.165, 1.54) is 0 Å². The van der Waals surface area contributed by atoms with Crippen molar-refractivity contribution in [2.45, 2.75) is 32.7 Å². The average molecular weight is 296 g/mol. The van der Waals surface area contributed by atoms with E-state index < -0.39 is 12.0 Å². The number of carbonyl (C=O) groups is 2. The molecule has 0 saturated carbocycles. The van der Waals surface area contributed by atoms with Gasteiger partial charge in [0.25, 0.3) is 5.91 Å². The van der Waals surface area contributed by atoms with Crippen LogP contribution >= 0.6 is 12.2 Å². The smallest absolute Gasteiger partial charge is 0.328 e. The Morgan fingerprint density at radius 1 is 1.50 bits per heavy atom. The van der Waals surface area contributed by atoms with E-state index >= 15 is 0 Å². The summed E-state index contributed by atoms with van der Waals surface area (Å²) >= 11 is 5.17. The van der Waals surface area contributed by atoms with Crippen molar-refractivity contribution < 1.29 is 14.3 Å². The van der Waals surface area contributed by atoms with Gasteiger partial charge in [-0.05, 0) is 25.8 Å². The molecule has 20 heavy (non-hydrogen) atoms. The first-order valence-corrected chi connectivity index (χ1v) is 7.13. The topological polar surface area (TPSA) is 67.4 Å². The Bertz CT molecular complexity index is 444. The number of hydrogen-bond donors (Lipinski definition) is 2. The second kappa shape index (κ2) is 8.47. The molecule has 0 radical (unpaired) electrons. The summed E-state index contributed by atoms with van der Waals surface area (Å²) < 4.78 is 4.92. The summed E-state index contributed by atoms with van der Waals surface area (Å²) in [5.41, 5.74) is 0.360. The molecule has 5 nitrogen and oxygen atoms in total. The van der Waals surface area contributed by atoms with Crippen molar-refractivity contribution in [2.24, 2.45) is 0 Å². The molecule has 0 fully saturated rings. The average Bonchev–Trinajstić information content (AvgIpc) is 2.40. The molecule has 0 bridgehead atoms. The summed E-state index contributed by atoms with van der Waals surface area (Å²) in [4.78, 5) is 24.3. The van der Waals surface area contributed by atoms with E-state index in [2.05, 4.69) is 10.6 Å². The normalized spacial score (nSPS) is 18.9. The zero-order valence-corrected chi connectivity index (χ0v) is 12.6. The quantitative estimate of drug-likeness (QED) is 0.590. The van der Waals surface area contributed by atoms with Crippen molar-refractivity contribution in [3.05, 3.63) is 23.8 Å². The Morgan fingerprint density at radius 3 is 2.90 bits per heavy atom. The Morgan fingerprint density at radius 2 is 2.25 bits per heavy atom. The standard InChI is InChI=1S/C14H20N2O3S/c1-3-11(14(18)19-4-2)16-12(17)10-8-6-5-7-9-15-13(10)20/h5-6,8,11H,3-4,7,9H2,1-2H3,(H,15,20)(H,16,17)/b6-5?,10-8-/t11-/m0/s1. The predicted octanol–water partition coefficient (Wildman–Crippen LogP) is 1.25. The Hall–Kier alpha value is -1.69. The molecule has 1 aliphatic rings. The van der Waals surface area contributed by atoms with Gasteiger partial charge in [-0.15, -0.1) is 0 Å². The maximum Gasteiger partial charge on any atom is 0.328 e. The highest BCUT2D eigenvalue weighted by Crippen LogP contribution is 2.04. The van der Waals surface area contributed by atoms with Crippen LogP contribution in [0.4, 0.5) is 0 Å². The highest BCUT2D eigenvalue weighted by atomic mass is 32.1. The van der Waals surface area contributed by atoms with Gasteiger partial charge in [-0.25, -0.2) is 4.79 Å². The number of carbonyl (C=O) groups excluding carboxylic acids is 2. The van der Waals surface area contributed by atoms with Gasteiger partial charge in [-0.3, -0.25) is 4.79 Å². The fourth-order valence-electron chi connectivity index (χ4n) is 1.69. The molecule has 0 aliphatic carbocycles. The number of amides is 1. The lowest BCUT2D eigenvalue weighted by molar-refractivity contribution is -0.147. The zero-order valence-electron chi connectivity index (χ0n) is 11.8. The molecule has 1 aliphatic heterocycles. The van der Waals surface area contributed by atoms with Crippen LogP contribution < -0.4 is 10.6 Å². The molecule has 1 rings (SSSR count). The first-order valence-electron chi connectivity index (χ1n) is 6.72. The molecular weight excluding hydrogens is 276 g/mol. The molecule has 0 saturated heterocycles. The SMILES string of the molecule is CCOC(=O)[C@H](CC)NC(=O)/C1=C/C=CCCNC1=S. The molecule has 0 unspecified atom stereocenters. The van der Waals surface area contributed by atoms with E-state index in [0.29, 0.717) is 23.5 Å². The number of thiocarbonyl (C=S) groups is 1. The third-order valence-electron chi connectivity index (χ3n) is 2.77. The molecule has 0 aromatic heterocycles. The summed E-state index contributed by atoms with van der Waals surface area (Å²) in [7, 11) is 0. The van der Waals surface area contributed by atoms with Gasteiger partial charge >= 0.3 is 5.97 Å². The Balaban J connectivity index is 2.76. The highest BCUT2D eigenvalue weighted by Gasteiger charge is 2.23. The van der Waals surface area contributed by atoms with Crippen LogP contribution in [0.3, 0.4) is 0 Å². The van der Waals surface area contributed by atoms with E-state index in [1.54, 1.807) is 19.1 Å². The molecule has 0 aromatic carbocycles. The maximum atomic E-state index is 12.2. The van der Waals surface area contributed by atoms with Crippen LogP contribution in [0.5, 0.6) is 0 Å². The van der Waals surface area contributed by atoms with Crippen molar-refractivity contribution in [1.82, 2.24) is 10.6 Å². The minimum Gasteiger partial charge on any atom is -0.464 e. The van der Waals surface area contributed by atoms with Gasteiger partial charge in [-0.1, -0.05) is 31.3 Å². The molecule has 0 aromatic rings. The minimum atomic E-state index is -0.652.